The maximum Gasteiger partial charge on any atom is 0.419 e. The van der Waals surface area contributed by atoms with E-state index in [1.54, 1.807) is 0 Å². The van der Waals surface area contributed by atoms with Crippen molar-refractivity contribution < 1.29 is 27.4 Å². The van der Waals surface area contributed by atoms with Crippen LogP contribution in [0.3, 0.4) is 0 Å². The van der Waals surface area contributed by atoms with Crippen molar-refractivity contribution in [3.05, 3.63) is 35.1 Å². The molecule has 1 fully saturated rings. The van der Waals surface area contributed by atoms with Gasteiger partial charge in [-0.3, -0.25) is 0 Å². The Labute approximate surface area is 118 Å². The summed E-state index contributed by atoms with van der Waals surface area (Å²) < 4.78 is 56.5. The molecule has 1 aromatic carbocycles. The smallest absolute Gasteiger partial charge is 0.387 e. The molecule has 0 aliphatic carbocycles. The summed E-state index contributed by atoms with van der Waals surface area (Å²) in [4.78, 5) is 0. The van der Waals surface area contributed by atoms with Gasteiger partial charge in [0, 0.05) is 6.61 Å². The molecule has 1 heterocycles. The van der Waals surface area contributed by atoms with E-state index in [9.17, 15) is 27.9 Å². The highest BCUT2D eigenvalue weighted by Crippen LogP contribution is 2.42. The summed E-state index contributed by atoms with van der Waals surface area (Å²) >= 11 is 0. The number of hydrogen-bond donors (Lipinski definition) is 1. The van der Waals surface area contributed by atoms with E-state index >= 15 is 0 Å². The number of hydrogen-bond acceptors (Lipinski definition) is 3. The molecule has 0 aromatic heterocycles. The highest BCUT2D eigenvalue weighted by molar-refractivity contribution is 5.31. The average Bonchev–Trinajstić information content (AvgIpc) is 2.46. The Morgan fingerprint density at radius 1 is 1.38 bits per heavy atom. The molecule has 1 saturated heterocycles. The number of benzene rings is 1. The molecule has 0 radical (unpaired) electrons. The summed E-state index contributed by atoms with van der Waals surface area (Å²) in [6.07, 6.45) is -5.49. The van der Waals surface area contributed by atoms with Crippen molar-refractivity contribution in [2.24, 2.45) is 5.41 Å². The largest absolute Gasteiger partial charge is 0.419 e. The van der Waals surface area contributed by atoms with Crippen molar-refractivity contribution in [3.63, 3.8) is 0 Å². The van der Waals surface area contributed by atoms with Gasteiger partial charge >= 0.3 is 6.18 Å². The maximum absolute atomic E-state index is 13.3. The minimum absolute atomic E-state index is 0.0661. The second kappa shape index (κ2) is 5.62. The second-order valence-corrected chi connectivity index (χ2v) is 5.06. The summed E-state index contributed by atoms with van der Waals surface area (Å²) in [7, 11) is 0. The number of nitrogens with zero attached hydrogens (tertiary/aromatic N) is 1. The number of halogens is 4. The van der Waals surface area contributed by atoms with E-state index in [1.807, 2.05) is 6.07 Å². The molecule has 0 spiro atoms. The van der Waals surface area contributed by atoms with Crippen molar-refractivity contribution in [2.75, 3.05) is 13.2 Å². The van der Waals surface area contributed by atoms with Crippen LogP contribution in [0.1, 0.15) is 30.1 Å². The van der Waals surface area contributed by atoms with Crippen molar-refractivity contribution >= 4 is 0 Å². The molecule has 7 heteroatoms. The van der Waals surface area contributed by atoms with Gasteiger partial charge in [0.2, 0.25) is 0 Å². The number of ether oxygens (including phenoxy) is 1. The molecule has 1 N–H and O–H groups in total. The Morgan fingerprint density at radius 3 is 2.62 bits per heavy atom. The third-order valence-corrected chi connectivity index (χ3v) is 3.63. The zero-order valence-corrected chi connectivity index (χ0v) is 11.0. The van der Waals surface area contributed by atoms with Gasteiger partial charge in [-0.15, -0.1) is 0 Å². The normalized spacial score (nSPS) is 24.4. The number of aliphatic hydroxyl groups excluding tert-OH is 1. The molecule has 0 bridgehead atoms. The fourth-order valence-corrected chi connectivity index (χ4v) is 2.43. The van der Waals surface area contributed by atoms with Crippen LogP contribution in [0.2, 0.25) is 0 Å². The van der Waals surface area contributed by atoms with Crippen molar-refractivity contribution in [1.82, 2.24) is 0 Å². The zero-order chi connectivity index (χ0) is 15.7. The van der Waals surface area contributed by atoms with Crippen molar-refractivity contribution in [3.8, 4) is 6.07 Å². The van der Waals surface area contributed by atoms with Gasteiger partial charge in [0.1, 0.15) is 11.2 Å². The monoisotopic (exact) mass is 303 g/mol. The fourth-order valence-electron chi connectivity index (χ4n) is 2.43. The van der Waals surface area contributed by atoms with E-state index in [4.69, 9.17) is 4.74 Å². The summed E-state index contributed by atoms with van der Waals surface area (Å²) in [5.74, 6) is -1.41. The van der Waals surface area contributed by atoms with E-state index in [2.05, 4.69) is 0 Å². The highest BCUT2D eigenvalue weighted by Gasteiger charge is 2.42. The molecule has 2 atom stereocenters. The van der Waals surface area contributed by atoms with Crippen LogP contribution in [0.4, 0.5) is 17.6 Å². The van der Waals surface area contributed by atoms with Gasteiger partial charge in [-0.25, -0.2) is 4.39 Å². The Balaban J connectivity index is 2.39. The zero-order valence-electron chi connectivity index (χ0n) is 11.0. The van der Waals surface area contributed by atoms with Gasteiger partial charge < -0.3 is 9.84 Å². The molecule has 21 heavy (non-hydrogen) atoms. The Kier molecular flexibility index (Phi) is 4.21. The predicted molar refractivity (Wildman–Crippen MR) is 64.5 cm³/mol. The minimum Gasteiger partial charge on any atom is -0.387 e. The SMILES string of the molecule is N#CC1(C(O)c2ccc(F)c(C(F)(F)F)c2)CCCOC1. The molecule has 1 aromatic rings. The van der Waals surface area contributed by atoms with Gasteiger partial charge in [0.25, 0.3) is 0 Å². The third-order valence-electron chi connectivity index (χ3n) is 3.63. The third kappa shape index (κ3) is 3.01. The summed E-state index contributed by atoms with van der Waals surface area (Å²) in [5.41, 5.74) is -2.90. The van der Waals surface area contributed by atoms with Crippen LogP contribution in [-0.2, 0) is 10.9 Å². The molecule has 1 aliphatic rings. The van der Waals surface area contributed by atoms with E-state index in [1.165, 1.54) is 0 Å². The molecule has 0 amide bonds. The standard InChI is InChI=1S/C14H13F4NO2/c15-11-3-2-9(6-10(11)14(16,17)18)12(20)13(7-19)4-1-5-21-8-13/h2-3,6,12,20H,1,4-5,8H2. The van der Waals surface area contributed by atoms with Gasteiger partial charge in [-0.2, -0.15) is 18.4 Å². The molecule has 0 saturated carbocycles. The predicted octanol–water partition coefficient (Wildman–Crippen LogP) is 3.20. The van der Waals surface area contributed by atoms with E-state index in [0.717, 1.165) is 6.07 Å². The lowest BCUT2D eigenvalue weighted by Crippen LogP contribution is -2.36. The topological polar surface area (TPSA) is 53.2 Å². The van der Waals surface area contributed by atoms with Crippen LogP contribution in [0.25, 0.3) is 0 Å². The van der Waals surface area contributed by atoms with E-state index in [-0.39, 0.29) is 12.2 Å². The summed E-state index contributed by atoms with van der Waals surface area (Å²) in [6.45, 7) is 0.372. The lowest BCUT2D eigenvalue weighted by atomic mass is 9.76. The molecular formula is C14H13F4NO2. The first-order chi connectivity index (χ1) is 9.80. The second-order valence-electron chi connectivity index (χ2n) is 5.06. The van der Waals surface area contributed by atoms with E-state index in [0.29, 0.717) is 31.6 Å². The molecular weight excluding hydrogens is 290 g/mol. The van der Waals surface area contributed by atoms with Gasteiger partial charge in [0.15, 0.2) is 0 Å². The Hall–Kier alpha value is -1.65. The van der Waals surface area contributed by atoms with Crippen LogP contribution in [0.15, 0.2) is 18.2 Å². The quantitative estimate of drug-likeness (QED) is 0.854. The van der Waals surface area contributed by atoms with Gasteiger partial charge in [-0.1, -0.05) is 6.07 Å². The Bertz CT molecular complexity index is 559. The van der Waals surface area contributed by atoms with Crippen LogP contribution in [0, 0.1) is 22.6 Å². The lowest BCUT2D eigenvalue weighted by molar-refractivity contribution is -0.140. The van der Waals surface area contributed by atoms with Crippen LogP contribution >= 0.6 is 0 Å². The molecule has 114 valence electrons. The van der Waals surface area contributed by atoms with Crippen molar-refractivity contribution in [1.29, 1.82) is 5.26 Å². The first-order valence-corrected chi connectivity index (χ1v) is 6.34. The molecule has 2 rings (SSSR count). The highest BCUT2D eigenvalue weighted by atomic mass is 19.4. The maximum atomic E-state index is 13.3. The van der Waals surface area contributed by atoms with Gasteiger partial charge in [-0.05, 0) is 30.5 Å². The minimum atomic E-state index is -4.86. The van der Waals surface area contributed by atoms with Crippen LogP contribution < -0.4 is 0 Å². The molecule has 3 nitrogen and oxygen atoms in total. The van der Waals surface area contributed by atoms with Crippen molar-refractivity contribution in [2.45, 2.75) is 25.1 Å². The van der Waals surface area contributed by atoms with E-state index < -0.39 is 29.1 Å². The molecule has 2 unspecified atom stereocenters. The average molecular weight is 303 g/mol. The lowest BCUT2D eigenvalue weighted by Gasteiger charge is -2.35. The number of alkyl halides is 3. The summed E-state index contributed by atoms with van der Waals surface area (Å²) in [6, 6.07) is 4.20. The first-order valence-electron chi connectivity index (χ1n) is 6.34. The Morgan fingerprint density at radius 2 is 2.10 bits per heavy atom. The van der Waals surface area contributed by atoms with Crippen LogP contribution in [0.5, 0.6) is 0 Å². The van der Waals surface area contributed by atoms with Gasteiger partial charge in [0.05, 0.1) is 24.3 Å². The number of rotatable bonds is 2. The fraction of sp³-hybridized carbons (Fsp3) is 0.500. The molecule has 1 aliphatic heterocycles. The number of nitriles is 1. The van der Waals surface area contributed by atoms with Crippen LogP contribution in [-0.4, -0.2) is 18.3 Å². The number of aliphatic hydroxyl groups is 1. The first kappa shape index (κ1) is 15.7. The summed E-state index contributed by atoms with van der Waals surface area (Å²) in [5, 5.41) is 19.6.